The molecule has 6 nitrogen and oxygen atoms in total. The Labute approximate surface area is 157 Å². The number of aromatic nitrogens is 2. The Morgan fingerprint density at radius 1 is 0.963 bits per heavy atom. The van der Waals surface area contributed by atoms with Crippen molar-refractivity contribution in [1.29, 1.82) is 0 Å². The molecule has 0 aliphatic carbocycles. The van der Waals surface area contributed by atoms with Crippen LogP contribution in [0.4, 0.5) is 4.39 Å². The van der Waals surface area contributed by atoms with Gasteiger partial charge in [-0.05, 0) is 35.9 Å². The van der Waals surface area contributed by atoms with E-state index in [1.807, 2.05) is 6.07 Å². The van der Waals surface area contributed by atoms with Crippen LogP contribution in [0, 0.1) is 5.82 Å². The Bertz CT molecular complexity index is 1130. The summed E-state index contributed by atoms with van der Waals surface area (Å²) in [6.45, 7) is 0. The molecule has 0 unspecified atom stereocenters. The summed E-state index contributed by atoms with van der Waals surface area (Å²) < 4.78 is 13.0. The first-order chi connectivity index (χ1) is 13.1. The van der Waals surface area contributed by atoms with E-state index < -0.39 is 11.8 Å². The zero-order chi connectivity index (χ0) is 18.8. The van der Waals surface area contributed by atoms with Gasteiger partial charge in [0.05, 0.1) is 22.2 Å². The Balaban J connectivity index is 1.44. The van der Waals surface area contributed by atoms with Crippen molar-refractivity contribution in [3.8, 4) is 10.4 Å². The third-order valence-electron chi connectivity index (χ3n) is 3.97. The molecule has 27 heavy (non-hydrogen) atoms. The van der Waals surface area contributed by atoms with Gasteiger partial charge < -0.3 is 0 Å². The van der Waals surface area contributed by atoms with Crippen molar-refractivity contribution in [3.05, 3.63) is 77.1 Å². The summed E-state index contributed by atoms with van der Waals surface area (Å²) in [5.41, 5.74) is 6.60. The number of amides is 2. The molecule has 0 saturated carbocycles. The average molecular weight is 380 g/mol. The van der Waals surface area contributed by atoms with Gasteiger partial charge in [0, 0.05) is 10.3 Å². The molecule has 2 aromatic heterocycles. The molecule has 0 bridgehead atoms. The first kappa shape index (κ1) is 16.9. The molecule has 8 heteroatoms. The fourth-order valence-electron chi connectivity index (χ4n) is 2.63. The number of halogens is 1. The van der Waals surface area contributed by atoms with Gasteiger partial charge in [-0.3, -0.25) is 25.5 Å². The third kappa shape index (κ3) is 3.42. The van der Waals surface area contributed by atoms with Gasteiger partial charge in [0.15, 0.2) is 0 Å². The lowest BCUT2D eigenvalue weighted by Gasteiger charge is -2.07. The van der Waals surface area contributed by atoms with E-state index in [2.05, 4.69) is 21.0 Å². The van der Waals surface area contributed by atoms with Gasteiger partial charge in [0.25, 0.3) is 11.8 Å². The number of fused-ring (bicyclic) bond motifs is 1. The highest BCUT2D eigenvalue weighted by Gasteiger charge is 2.14. The lowest BCUT2D eigenvalue weighted by atomic mass is 10.1. The summed E-state index contributed by atoms with van der Waals surface area (Å²) in [7, 11) is 0. The number of hydrazine groups is 1. The van der Waals surface area contributed by atoms with E-state index in [1.54, 1.807) is 42.6 Å². The number of aromatic amines is 1. The zero-order valence-electron chi connectivity index (χ0n) is 13.8. The Morgan fingerprint density at radius 2 is 1.74 bits per heavy atom. The Hall–Kier alpha value is -3.52. The van der Waals surface area contributed by atoms with E-state index in [4.69, 9.17) is 0 Å². The van der Waals surface area contributed by atoms with E-state index in [9.17, 15) is 14.0 Å². The maximum Gasteiger partial charge on any atom is 0.279 e. The van der Waals surface area contributed by atoms with Crippen LogP contribution in [0.2, 0.25) is 0 Å². The highest BCUT2D eigenvalue weighted by molar-refractivity contribution is 7.17. The number of nitrogens with one attached hydrogen (secondary N) is 3. The second-order valence-corrected chi connectivity index (χ2v) is 6.80. The van der Waals surface area contributed by atoms with Crippen LogP contribution in [-0.2, 0) is 0 Å². The van der Waals surface area contributed by atoms with E-state index >= 15 is 0 Å². The molecule has 2 amide bonds. The molecule has 4 aromatic rings. The fraction of sp³-hybridized carbons (Fsp3) is 0. The summed E-state index contributed by atoms with van der Waals surface area (Å²) in [6, 6.07) is 14.7. The van der Waals surface area contributed by atoms with Gasteiger partial charge in [-0.1, -0.05) is 24.3 Å². The SMILES string of the molecule is O=C(NNC(=O)c1cccc2cn[nH]c12)c1ccc(-c2ccc(F)cc2)s1. The molecule has 0 aliphatic rings. The minimum absolute atomic E-state index is 0.316. The quantitative estimate of drug-likeness (QED) is 0.476. The molecule has 0 radical (unpaired) electrons. The van der Waals surface area contributed by atoms with Crippen LogP contribution in [0.25, 0.3) is 21.3 Å². The Kier molecular flexibility index (Phi) is 4.39. The number of H-pyrrole nitrogens is 1. The second-order valence-electron chi connectivity index (χ2n) is 5.72. The molecule has 2 aromatic carbocycles. The molecule has 134 valence electrons. The van der Waals surface area contributed by atoms with E-state index in [0.717, 1.165) is 15.8 Å². The first-order valence-corrected chi connectivity index (χ1v) is 8.82. The molecule has 0 aliphatic heterocycles. The number of thiophene rings is 1. The number of benzene rings is 2. The van der Waals surface area contributed by atoms with Crippen LogP contribution >= 0.6 is 11.3 Å². The smallest absolute Gasteiger partial charge is 0.277 e. The lowest BCUT2D eigenvalue weighted by Crippen LogP contribution is -2.41. The van der Waals surface area contributed by atoms with Crippen LogP contribution in [0.5, 0.6) is 0 Å². The van der Waals surface area contributed by atoms with Crippen molar-refractivity contribution in [2.45, 2.75) is 0 Å². The summed E-state index contributed by atoms with van der Waals surface area (Å²) in [5, 5.41) is 7.48. The molecular formula is C19H13FN4O2S. The summed E-state index contributed by atoms with van der Waals surface area (Å²) >= 11 is 1.25. The third-order valence-corrected chi connectivity index (χ3v) is 5.10. The normalized spacial score (nSPS) is 10.7. The van der Waals surface area contributed by atoms with Crippen LogP contribution in [-0.4, -0.2) is 22.0 Å². The minimum atomic E-state index is -0.450. The standard InChI is InChI=1S/C19H13FN4O2S/c20-13-6-4-11(5-7-13)15-8-9-16(27-15)19(26)24-23-18(25)14-3-1-2-12-10-21-22-17(12)14/h1-10H,(H,21,22)(H,23,25)(H,24,26). The molecule has 0 fully saturated rings. The van der Waals surface area contributed by atoms with Gasteiger partial charge >= 0.3 is 0 Å². The van der Waals surface area contributed by atoms with Gasteiger partial charge in [-0.25, -0.2) is 4.39 Å². The van der Waals surface area contributed by atoms with Crippen LogP contribution in [0.3, 0.4) is 0 Å². The molecule has 0 spiro atoms. The maximum atomic E-state index is 13.0. The van der Waals surface area contributed by atoms with Crippen molar-refractivity contribution in [2.24, 2.45) is 0 Å². The van der Waals surface area contributed by atoms with Gasteiger partial charge in [-0.15, -0.1) is 11.3 Å². The average Bonchev–Trinajstić information content (AvgIpc) is 3.35. The van der Waals surface area contributed by atoms with Crippen molar-refractivity contribution < 1.29 is 14.0 Å². The predicted octanol–water partition coefficient (Wildman–Crippen LogP) is 3.51. The number of hydrogen-bond acceptors (Lipinski definition) is 4. The van der Waals surface area contributed by atoms with Crippen LogP contribution < -0.4 is 10.9 Å². The van der Waals surface area contributed by atoms with E-state index in [1.165, 1.54) is 23.5 Å². The molecule has 2 heterocycles. The number of para-hydroxylation sites is 1. The summed E-state index contributed by atoms with van der Waals surface area (Å²) in [6.07, 6.45) is 1.62. The van der Waals surface area contributed by atoms with E-state index in [-0.39, 0.29) is 5.82 Å². The van der Waals surface area contributed by atoms with Crippen molar-refractivity contribution in [3.63, 3.8) is 0 Å². The molecule has 3 N–H and O–H groups in total. The molecule has 0 atom stereocenters. The highest BCUT2D eigenvalue weighted by atomic mass is 32.1. The number of rotatable bonds is 3. The predicted molar refractivity (Wildman–Crippen MR) is 101 cm³/mol. The number of nitrogens with zero attached hydrogens (tertiary/aromatic N) is 1. The van der Waals surface area contributed by atoms with Gasteiger partial charge in [0.1, 0.15) is 5.82 Å². The first-order valence-electron chi connectivity index (χ1n) is 8.00. The van der Waals surface area contributed by atoms with Crippen LogP contribution in [0.15, 0.2) is 60.8 Å². The fourth-order valence-corrected chi connectivity index (χ4v) is 3.54. The topological polar surface area (TPSA) is 86.9 Å². The Morgan fingerprint density at radius 3 is 2.56 bits per heavy atom. The number of carbonyl (C=O) groups is 2. The molecule has 0 saturated heterocycles. The number of carbonyl (C=O) groups excluding carboxylic acids is 2. The minimum Gasteiger partial charge on any atom is -0.277 e. The van der Waals surface area contributed by atoms with Crippen molar-refractivity contribution in [2.75, 3.05) is 0 Å². The van der Waals surface area contributed by atoms with Gasteiger partial charge in [-0.2, -0.15) is 5.10 Å². The van der Waals surface area contributed by atoms with Crippen molar-refractivity contribution >= 4 is 34.1 Å². The lowest BCUT2D eigenvalue weighted by molar-refractivity contribution is 0.0849. The second kappa shape index (κ2) is 7.00. The maximum absolute atomic E-state index is 13.0. The van der Waals surface area contributed by atoms with E-state index in [0.29, 0.717) is 16.0 Å². The summed E-state index contributed by atoms with van der Waals surface area (Å²) in [4.78, 5) is 25.9. The summed E-state index contributed by atoms with van der Waals surface area (Å²) in [5.74, 6) is -1.20. The molecular weight excluding hydrogens is 367 g/mol. The van der Waals surface area contributed by atoms with Gasteiger partial charge in [0.2, 0.25) is 0 Å². The van der Waals surface area contributed by atoms with Crippen molar-refractivity contribution in [1.82, 2.24) is 21.0 Å². The van der Waals surface area contributed by atoms with Crippen LogP contribution in [0.1, 0.15) is 20.0 Å². The monoisotopic (exact) mass is 380 g/mol. The molecule has 4 rings (SSSR count). The largest absolute Gasteiger partial charge is 0.279 e. The number of hydrogen-bond donors (Lipinski definition) is 3. The highest BCUT2D eigenvalue weighted by Crippen LogP contribution is 2.28. The zero-order valence-corrected chi connectivity index (χ0v) is 14.6.